The number of furan rings is 1. The van der Waals surface area contributed by atoms with Crippen LogP contribution in [0.25, 0.3) is 16.3 Å². The average molecular weight is 356 g/mol. The molecule has 0 saturated heterocycles. The van der Waals surface area contributed by atoms with Gasteiger partial charge in [0.2, 0.25) is 4.96 Å². The van der Waals surface area contributed by atoms with Gasteiger partial charge >= 0.3 is 0 Å². The molecule has 4 aromatic rings. The Labute approximate surface area is 147 Å². The molecule has 0 amide bonds. The van der Waals surface area contributed by atoms with Crippen LogP contribution in [-0.2, 0) is 6.42 Å². The molecule has 25 heavy (non-hydrogen) atoms. The smallest absolute Gasteiger partial charge is 0.234 e. The van der Waals surface area contributed by atoms with Crippen molar-refractivity contribution in [2.45, 2.75) is 13.3 Å². The zero-order valence-corrected chi connectivity index (χ0v) is 14.8. The lowest BCUT2D eigenvalue weighted by Gasteiger charge is -2.08. The Hall–Kier alpha value is -2.87. The van der Waals surface area contributed by atoms with Crippen LogP contribution in [0.3, 0.4) is 0 Å². The van der Waals surface area contributed by atoms with Crippen LogP contribution in [0.15, 0.2) is 34.9 Å². The minimum Gasteiger partial charge on any atom is -0.493 e. The second kappa shape index (κ2) is 6.21. The van der Waals surface area contributed by atoms with Gasteiger partial charge in [0, 0.05) is 6.42 Å². The molecule has 0 aliphatic heterocycles. The number of benzene rings is 1. The highest BCUT2D eigenvalue weighted by molar-refractivity contribution is 7.16. The van der Waals surface area contributed by atoms with Crippen molar-refractivity contribution in [2.24, 2.45) is 0 Å². The molecule has 0 atom stereocenters. The van der Waals surface area contributed by atoms with Crippen molar-refractivity contribution < 1.29 is 13.9 Å². The Bertz CT molecular complexity index is 1030. The highest BCUT2D eigenvalue weighted by atomic mass is 32.1. The van der Waals surface area contributed by atoms with Gasteiger partial charge in [-0.15, -0.1) is 10.2 Å². The fraction of sp³-hybridized carbons (Fsp3) is 0.235. The number of hydrogen-bond acceptors (Lipinski definition) is 7. The fourth-order valence-electron chi connectivity index (χ4n) is 2.68. The maximum Gasteiger partial charge on any atom is 0.234 e. The number of fused-ring (bicyclic) bond motifs is 1. The number of rotatable bonds is 5. The molecule has 3 aromatic heterocycles. The fourth-order valence-corrected chi connectivity index (χ4v) is 3.55. The summed E-state index contributed by atoms with van der Waals surface area (Å²) in [6.45, 7) is 1.90. The van der Waals surface area contributed by atoms with Crippen LogP contribution in [0.1, 0.15) is 16.3 Å². The molecule has 0 spiro atoms. The number of hydrogen-bond donors (Lipinski definition) is 0. The maximum absolute atomic E-state index is 5.36. The molecule has 1 aromatic carbocycles. The van der Waals surface area contributed by atoms with Crippen LogP contribution < -0.4 is 9.47 Å². The van der Waals surface area contributed by atoms with E-state index in [1.54, 1.807) is 25.0 Å². The molecule has 128 valence electrons. The molecular formula is C17H16N4O3S. The van der Waals surface area contributed by atoms with Crippen LogP contribution in [0, 0.1) is 6.92 Å². The van der Waals surface area contributed by atoms with E-state index >= 15 is 0 Å². The van der Waals surface area contributed by atoms with Crippen LogP contribution in [-0.4, -0.2) is 34.0 Å². The summed E-state index contributed by atoms with van der Waals surface area (Å²) in [5, 5.41) is 14.0. The number of nitrogens with zero attached hydrogens (tertiary/aromatic N) is 4. The van der Waals surface area contributed by atoms with Gasteiger partial charge in [-0.2, -0.15) is 9.61 Å². The first-order valence-electron chi connectivity index (χ1n) is 7.66. The van der Waals surface area contributed by atoms with Crippen LogP contribution in [0.4, 0.5) is 0 Å². The van der Waals surface area contributed by atoms with Gasteiger partial charge in [-0.3, -0.25) is 0 Å². The summed E-state index contributed by atoms with van der Waals surface area (Å²) in [6, 6.07) is 7.74. The molecule has 4 rings (SSSR count). The second-order valence-electron chi connectivity index (χ2n) is 5.47. The van der Waals surface area contributed by atoms with Crippen LogP contribution >= 0.6 is 11.3 Å². The van der Waals surface area contributed by atoms with Crippen molar-refractivity contribution in [3.63, 3.8) is 0 Å². The number of aryl methyl sites for hydroxylation is 1. The lowest BCUT2D eigenvalue weighted by molar-refractivity contribution is 0.354. The SMILES string of the molecule is COc1ccc(Cc2nn3c(-c4ccoc4C)nnc3s2)cc1OC. The van der Waals surface area contributed by atoms with Crippen molar-refractivity contribution in [3.05, 3.63) is 46.9 Å². The zero-order valence-electron chi connectivity index (χ0n) is 14.0. The summed E-state index contributed by atoms with van der Waals surface area (Å²) in [5.41, 5.74) is 1.99. The summed E-state index contributed by atoms with van der Waals surface area (Å²) >= 11 is 1.52. The van der Waals surface area contributed by atoms with Crippen molar-refractivity contribution >= 4 is 16.3 Å². The largest absolute Gasteiger partial charge is 0.493 e. The molecule has 0 radical (unpaired) electrons. The molecule has 0 unspecified atom stereocenters. The average Bonchev–Trinajstić information content (AvgIpc) is 3.30. The number of aromatic nitrogens is 4. The molecule has 0 aliphatic rings. The minimum atomic E-state index is 0.679. The standard InChI is InChI=1S/C17H16N4O3S/c1-10-12(6-7-24-10)16-18-19-17-21(16)20-15(25-17)9-11-4-5-13(22-2)14(8-11)23-3/h4-8H,9H2,1-3H3. The van der Waals surface area contributed by atoms with Gasteiger partial charge in [-0.25, -0.2) is 0 Å². The first-order valence-corrected chi connectivity index (χ1v) is 8.47. The highest BCUT2D eigenvalue weighted by Gasteiger charge is 2.17. The Morgan fingerprint density at radius 2 is 1.96 bits per heavy atom. The Kier molecular flexibility index (Phi) is 3.89. The Balaban J connectivity index is 1.67. The predicted molar refractivity (Wildman–Crippen MR) is 93.5 cm³/mol. The van der Waals surface area contributed by atoms with Gasteiger partial charge in [0.15, 0.2) is 17.3 Å². The predicted octanol–water partition coefficient (Wildman–Crippen LogP) is 3.36. The molecule has 0 aliphatic carbocycles. The Morgan fingerprint density at radius 3 is 2.68 bits per heavy atom. The number of methoxy groups -OCH3 is 2. The zero-order chi connectivity index (χ0) is 17.4. The van der Waals surface area contributed by atoms with Gasteiger partial charge in [-0.05, 0) is 30.7 Å². The maximum atomic E-state index is 5.36. The van der Waals surface area contributed by atoms with Gasteiger partial charge in [0.25, 0.3) is 0 Å². The third-order valence-electron chi connectivity index (χ3n) is 3.94. The highest BCUT2D eigenvalue weighted by Crippen LogP contribution is 2.30. The summed E-state index contributed by atoms with van der Waals surface area (Å²) in [7, 11) is 3.25. The lowest BCUT2D eigenvalue weighted by atomic mass is 10.1. The van der Waals surface area contributed by atoms with E-state index in [9.17, 15) is 0 Å². The molecule has 0 bridgehead atoms. The first kappa shape index (κ1) is 15.6. The van der Waals surface area contributed by atoms with E-state index < -0.39 is 0 Å². The summed E-state index contributed by atoms with van der Waals surface area (Å²) in [4.78, 5) is 0.756. The second-order valence-corrected chi connectivity index (χ2v) is 6.51. The topological polar surface area (TPSA) is 74.7 Å². The summed E-state index contributed by atoms with van der Waals surface area (Å²) < 4.78 is 17.8. The third-order valence-corrected chi connectivity index (χ3v) is 4.83. The van der Waals surface area contributed by atoms with Crippen molar-refractivity contribution in [2.75, 3.05) is 14.2 Å². The van der Waals surface area contributed by atoms with E-state index in [1.165, 1.54) is 11.3 Å². The van der Waals surface area contributed by atoms with Crippen molar-refractivity contribution in [1.82, 2.24) is 19.8 Å². The van der Waals surface area contributed by atoms with Crippen LogP contribution in [0.5, 0.6) is 11.5 Å². The van der Waals surface area contributed by atoms with E-state index in [0.717, 1.165) is 26.9 Å². The summed E-state index contributed by atoms with van der Waals surface area (Å²) in [5.74, 6) is 2.90. The number of ether oxygens (including phenoxy) is 2. The van der Waals surface area contributed by atoms with Gasteiger partial charge in [0.05, 0.1) is 26.0 Å². The van der Waals surface area contributed by atoms with Crippen molar-refractivity contribution in [1.29, 1.82) is 0 Å². The van der Waals surface area contributed by atoms with E-state index in [-0.39, 0.29) is 0 Å². The first-order chi connectivity index (χ1) is 12.2. The van der Waals surface area contributed by atoms with Gasteiger partial charge in [0.1, 0.15) is 10.8 Å². The molecule has 3 heterocycles. The minimum absolute atomic E-state index is 0.679. The van der Waals surface area contributed by atoms with Crippen molar-refractivity contribution in [3.8, 4) is 22.9 Å². The normalized spacial score (nSPS) is 11.2. The van der Waals surface area contributed by atoms with Crippen LogP contribution in [0.2, 0.25) is 0 Å². The quantitative estimate of drug-likeness (QED) is 0.546. The molecule has 8 heteroatoms. The summed E-state index contributed by atoms with van der Waals surface area (Å²) in [6.07, 6.45) is 2.32. The monoisotopic (exact) mass is 356 g/mol. The van der Waals surface area contributed by atoms with E-state index in [4.69, 9.17) is 13.9 Å². The third kappa shape index (κ3) is 2.74. The van der Waals surface area contributed by atoms with Gasteiger partial charge < -0.3 is 13.9 Å². The lowest BCUT2D eigenvalue weighted by Crippen LogP contribution is -1.95. The molecule has 7 nitrogen and oxygen atoms in total. The molecule has 0 saturated carbocycles. The van der Waals surface area contributed by atoms with Gasteiger partial charge in [-0.1, -0.05) is 17.4 Å². The van der Waals surface area contributed by atoms with E-state index in [1.807, 2.05) is 31.2 Å². The van der Waals surface area contributed by atoms with E-state index in [0.29, 0.717) is 23.7 Å². The Morgan fingerprint density at radius 1 is 1.12 bits per heavy atom. The molecule has 0 fully saturated rings. The van der Waals surface area contributed by atoms with E-state index in [2.05, 4.69) is 15.3 Å². The molecule has 0 N–H and O–H groups in total. The molecular weight excluding hydrogens is 340 g/mol.